The molecule has 0 unspecified atom stereocenters. The van der Waals surface area contributed by atoms with Gasteiger partial charge in [-0.2, -0.15) is 0 Å². The minimum Gasteiger partial charge on any atom is -0.469 e. The monoisotopic (exact) mass is 1950 g/mol. The predicted octanol–water partition coefficient (Wildman–Crippen LogP) is 41.3. The SMILES string of the molecule is C.CC(C)C.CC(C)C(C)(C)C.CC(C)C(C)C.CC(C)C1CCOCC1.CC(C)CC1CCCCC1.CC(C)CCC(=O)N(C)C.CC(C)Cc1cccnc1.CC(C)c1ccccc1.CC(C)c1ccccc1.CCC(C)C.CCC(CC)C(C)C.CCCC(C)C.CCCCC(C)C.CCOC(C)(C)C(C)C.COC(=O)CCC(C)C.COC(=O)CCCCC(C)C.COC(C)(C)C(C)C. The summed E-state index contributed by atoms with van der Waals surface area (Å²) in [6.07, 6.45) is 34.3. The third kappa shape index (κ3) is 140. The standard InChI is InChI=1S/C10H20.C9H13N.C9H18O2.2C9H12.C8H17NO.C8H16O.C8H18O.C8H18.C7H14O2.C7H16O.2C7H16.2C6H14.C5H12.C4H10.CH4/c1-9(2)8-10-6-4-3-5-7-10;1-8(2)6-9-4-3-5-10-7-9;1-8(2)6-4-5-7-9(10)11-3;2*1-8(2)9-6-4-3-5-7-9;1-7(2)5-6-8(10)9(3)4;1-7(2)8-3-5-9-6-4-8;1-6-9-8(4,5)7(2)3;1-5-8(6-2)7(3)4;1-6(2)4-5-7(8)9-3;1-6(2)7(3,4)8-5;1-6(2)7(3,4)5;1-4-5-6-7(2)3;1-5(2)6(3)4;1-4-5-6(2)3;1-4-5(2)3;1-4(2)3;/h9-10H,3-8H2,1-2H3;3-5,7-8H,6H2,1-2H3;8H,4-7H2,1-3H3;2*3-8H,1-2H3;7H,5-6H2,1-4H3;7-8H,3-6H2,1-2H3;7H,6H2,1-5H3;7-8H,5-6H2,1-4H3;6H,4-5H2,1-3H3;6H,1-5H3;6H,1-5H3;7H,4-6H2,1-3H3;5-6H,1-4H3;6H,4-5H2,1-3H3;5H,4H2,1-3H3;4H,1-3H3;1H4. The Labute approximate surface area is 872 Å². The molecule has 0 radical (unpaired) electrons. The fourth-order valence-electron chi connectivity index (χ4n) is 11.4. The molecule has 1 saturated heterocycles. The van der Waals surface area contributed by atoms with E-state index in [1.54, 1.807) is 26.1 Å². The van der Waals surface area contributed by atoms with Crippen molar-refractivity contribution in [1.82, 2.24) is 9.88 Å². The number of hydrogen-bond donors (Lipinski definition) is 0. The van der Waals surface area contributed by atoms with E-state index in [0.717, 1.165) is 141 Å². The van der Waals surface area contributed by atoms with E-state index in [0.29, 0.717) is 60.2 Å². The fourth-order valence-corrected chi connectivity index (χ4v) is 11.4. The molecule has 1 aliphatic carbocycles. The lowest BCUT2D eigenvalue weighted by molar-refractivity contribution is -0.141. The Morgan fingerprint density at radius 3 is 1.00 bits per heavy atom. The summed E-state index contributed by atoms with van der Waals surface area (Å²) in [6, 6.07) is 25.1. The number of carbonyl (C=O) groups excluding carboxylic acids is 3. The minimum absolute atomic E-state index is 0. The Balaban J connectivity index is -0.000000110. The lowest BCUT2D eigenvalue weighted by atomic mass is 9.84. The number of carbonyl (C=O) groups is 3. The zero-order valence-corrected chi connectivity index (χ0v) is 104. The average molecular weight is 1960 g/mol. The van der Waals surface area contributed by atoms with Crippen molar-refractivity contribution in [3.05, 3.63) is 102 Å². The van der Waals surface area contributed by atoms with Crippen LogP contribution in [0.3, 0.4) is 0 Å². The molecule has 138 heavy (non-hydrogen) atoms. The van der Waals surface area contributed by atoms with E-state index in [2.05, 4.69) is 408 Å². The molecule has 2 heterocycles. The number of methoxy groups -OCH3 is 3. The van der Waals surface area contributed by atoms with Crippen molar-refractivity contribution in [2.24, 2.45) is 118 Å². The maximum absolute atomic E-state index is 11.0. The maximum atomic E-state index is 11.0. The number of unbranched alkanes of at least 4 members (excludes halogenated alkanes) is 2. The molecule has 10 nitrogen and oxygen atoms in total. The molecule has 0 atom stereocenters. The largest absolute Gasteiger partial charge is 0.469 e. The van der Waals surface area contributed by atoms with Gasteiger partial charge < -0.3 is 28.6 Å². The number of aromatic nitrogens is 1. The first-order valence-corrected chi connectivity index (χ1v) is 56.3. The fraction of sp³-hybridized carbons (Fsp3) is 0.844. The van der Waals surface area contributed by atoms with Crippen LogP contribution >= 0.6 is 0 Å². The quantitative estimate of drug-likeness (QED) is 0.0434. The van der Waals surface area contributed by atoms with Crippen molar-refractivity contribution in [3.8, 4) is 0 Å². The Kier molecular flexibility index (Phi) is 127. The third-order valence-corrected chi connectivity index (χ3v) is 25.0. The van der Waals surface area contributed by atoms with Crippen molar-refractivity contribution >= 4 is 17.8 Å². The van der Waals surface area contributed by atoms with Crippen LogP contribution in [0.15, 0.2) is 85.2 Å². The van der Waals surface area contributed by atoms with E-state index in [1.807, 2.05) is 37.5 Å². The summed E-state index contributed by atoms with van der Waals surface area (Å²) in [6.45, 7) is 113. The summed E-state index contributed by atoms with van der Waals surface area (Å²) < 4.78 is 24.9. The molecule has 830 valence electrons. The summed E-state index contributed by atoms with van der Waals surface area (Å²) in [5.74, 6) is 16.9. The zero-order chi connectivity index (χ0) is 110. The van der Waals surface area contributed by atoms with E-state index >= 15 is 0 Å². The van der Waals surface area contributed by atoms with Crippen LogP contribution in [-0.4, -0.2) is 94.2 Å². The highest BCUT2D eigenvalue weighted by atomic mass is 16.5. The van der Waals surface area contributed by atoms with Crippen LogP contribution in [0.4, 0.5) is 0 Å². The summed E-state index contributed by atoms with van der Waals surface area (Å²) in [7, 11) is 8.19. The van der Waals surface area contributed by atoms with Gasteiger partial charge in [-0.1, -0.05) is 482 Å². The number of pyridine rings is 1. The van der Waals surface area contributed by atoms with Crippen LogP contribution in [-0.2, 0) is 44.5 Å². The van der Waals surface area contributed by atoms with Gasteiger partial charge in [0.25, 0.3) is 0 Å². The second kappa shape index (κ2) is 109. The number of hydrogen-bond acceptors (Lipinski definition) is 9. The molecule has 2 fully saturated rings. The van der Waals surface area contributed by atoms with Crippen molar-refractivity contribution in [1.29, 1.82) is 0 Å². The van der Waals surface area contributed by atoms with Gasteiger partial charge in [-0.3, -0.25) is 19.4 Å². The van der Waals surface area contributed by atoms with E-state index in [4.69, 9.17) is 14.2 Å². The summed E-state index contributed by atoms with van der Waals surface area (Å²) >= 11 is 0. The molecule has 0 N–H and O–H groups in total. The first-order valence-electron chi connectivity index (χ1n) is 56.3. The Morgan fingerprint density at radius 1 is 0.413 bits per heavy atom. The van der Waals surface area contributed by atoms with Crippen molar-refractivity contribution in [2.75, 3.05) is 55.2 Å². The summed E-state index contributed by atoms with van der Waals surface area (Å²) in [5, 5.41) is 0. The highest BCUT2D eigenvalue weighted by Gasteiger charge is 2.23. The number of ether oxygens (including phenoxy) is 5. The van der Waals surface area contributed by atoms with Gasteiger partial charge in [0.15, 0.2) is 0 Å². The van der Waals surface area contributed by atoms with Crippen molar-refractivity contribution in [2.45, 2.75) is 537 Å². The van der Waals surface area contributed by atoms with Crippen molar-refractivity contribution < 1.29 is 38.1 Å². The molecule has 1 amide bonds. The molecule has 2 aromatic carbocycles. The molecule has 5 rings (SSSR count). The number of amides is 1. The molecular weight excluding hydrogens is 1690 g/mol. The van der Waals surface area contributed by atoms with Gasteiger partial charge in [0.2, 0.25) is 5.91 Å². The topological polar surface area (TPSA) is 113 Å². The van der Waals surface area contributed by atoms with Gasteiger partial charge >= 0.3 is 11.9 Å². The van der Waals surface area contributed by atoms with Crippen LogP contribution in [0.25, 0.3) is 0 Å². The molecule has 1 aliphatic heterocycles. The Morgan fingerprint density at radius 2 is 0.790 bits per heavy atom. The second-order valence-electron chi connectivity index (χ2n) is 47.6. The van der Waals surface area contributed by atoms with E-state index in [9.17, 15) is 14.4 Å². The van der Waals surface area contributed by atoms with Gasteiger partial charge in [0.1, 0.15) is 0 Å². The zero-order valence-electron chi connectivity index (χ0n) is 104. The number of esters is 2. The van der Waals surface area contributed by atoms with Crippen LogP contribution in [0.5, 0.6) is 0 Å². The van der Waals surface area contributed by atoms with Crippen LogP contribution < -0.4 is 0 Å². The highest BCUT2D eigenvalue weighted by molar-refractivity contribution is 5.75. The summed E-state index contributed by atoms with van der Waals surface area (Å²) in [4.78, 5) is 37.8. The first-order chi connectivity index (χ1) is 63.2. The smallest absolute Gasteiger partial charge is 0.305 e. The summed E-state index contributed by atoms with van der Waals surface area (Å²) in [5.41, 5.74) is 4.75. The molecule has 0 spiro atoms. The van der Waals surface area contributed by atoms with Gasteiger partial charge in [0.05, 0.1) is 25.4 Å². The number of rotatable bonds is 33. The molecular formula is C128H260N2O8. The molecule has 0 bridgehead atoms. The molecule has 1 aromatic heterocycles. The highest BCUT2D eigenvalue weighted by Crippen LogP contribution is 2.30. The average Bonchev–Trinajstić information content (AvgIpc) is 0.942. The molecule has 1 saturated carbocycles. The predicted molar refractivity (Wildman–Crippen MR) is 628 cm³/mol. The Hall–Kier alpha value is -4.12. The van der Waals surface area contributed by atoms with Crippen LogP contribution in [0.2, 0.25) is 0 Å². The van der Waals surface area contributed by atoms with Crippen molar-refractivity contribution in [3.63, 3.8) is 0 Å². The second-order valence-corrected chi connectivity index (χ2v) is 47.6. The molecule has 2 aliphatic rings. The normalized spacial score (nSPS) is 12.2. The lowest BCUT2D eigenvalue weighted by Crippen LogP contribution is -2.30. The lowest BCUT2D eigenvalue weighted by Gasteiger charge is -2.28. The van der Waals surface area contributed by atoms with Gasteiger partial charge in [0, 0.05) is 72.7 Å². The maximum Gasteiger partial charge on any atom is 0.305 e. The van der Waals surface area contributed by atoms with E-state index in [1.165, 1.54) is 140 Å². The van der Waals surface area contributed by atoms with Crippen LogP contribution in [0.1, 0.15) is 536 Å². The number of benzene rings is 2. The molecule has 3 aromatic rings. The molecule has 10 heteroatoms. The van der Waals surface area contributed by atoms with Gasteiger partial charge in [-0.25, -0.2) is 0 Å². The van der Waals surface area contributed by atoms with Gasteiger partial charge in [-0.15, -0.1) is 0 Å². The Bertz CT molecular complexity index is 2740. The van der Waals surface area contributed by atoms with Gasteiger partial charge in [-0.05, 0) is 232 Å². The van der Waals surface area contributed by atoms with E-state index < -0.39 is 0 Å². The third-order valence-electron chi connectivity index (χ3n) is 25.0. The van der Waals surface area contributed by atoms with E-state index in [-0.39, 0.29) is 36.5 Å². The first kappa shape index (κ1) is 162. The van der Waals surface area contributed by atoms with Crippen LogP contribution in [0, 0.1) is 118 Å². The number of nitrogens with zero attached hydrogens (tertiary/aromatic N) is 2. The minimum atomic E-state index is -0.108.